The molecule has 1 aliphatic heterocycles. The fourth-order valence-corrected chi connectivity index (χ4v) is 5.11. The van der Waals surface area contributed by atoms with Crippen molar-refractivity contribution in [2.45, 2.75) is 31.5 Å². The van der Waals surface area contributed by atoms with Crippen LogP contribution in [-0.2, 0) is 13.6 Å². The number of rotatable bonds is 5. The summed E-state index contributed by atoms with van der Waals surface area (Å²) in [6.07, 6.45) is 8.62. The van der Waals surface area contributed by atoms with E-state index < -0.39 is 0 Å². The number of aliphatic hydroxyl groups is 1. The van der Waals surface area contributed by atoms with Gasteiger partial charge in [0.15, 0.2) is 0 Å². The predicted octanol–water partition coefficient (Wildman–Crippen LogP) is 2.56. The molecule has 2 aromatic heterocycles. The summed E-state index contributed by atoms with van der Waals surface area (Å²) in [6, 6.07) is 10.4. The number of aryl methyl sites for hydroxylation is 1. The van der Waals surface area contributed by atoms with E-state index in [0.29, 0.717) is 11.8 Å². The van der Waals surface area contributed by atoms with E-state index in [1.807, 2.05) is 17.8 Å². The first-order valence-corrected chi connectivity index (χ1v) is 10.7. The highest BCUT2D eigenvalue weighted by molar-refractivity contribution is 5.62. The van der Waals surface area contributed by atoms with Crippen LogP contribution in [0.4, 0.5) is 5.82 Å². The third-order valence-corrected chi connectivity index (χ3v) is 6.46. The summed E-state index contributed by atoms with van der Waals surface area (Å²) in [5, 5.41) is 18.8. The van der Waals surface area contributed by atoms with Crippen LogP contribution in [0, 0.1) is 11.8 Å². The van der Waals surface area contributed by atoms with Gasteiger partial charge in [-0.3, -0.25) is 14.6 Å². The lowest BCUT2D eigenvalue weighted by Gasteiger charge is -2.35. The Bertz CT molecular complexity index is 976. The van der Waals surface area contributed by atoms with Crippen LogP contribution in [0.3, 0.4) is 0 Å². The molecule has 5 rings (SSSR count). The molecule has 7 nitrogen and oxygen atoms in total. The molecule has 7 heteroatoms. The van der Waals surface area contributed by atoms with Gasteiger partial charge < -0.3 is 10.4 Å². The molecule has 30 heavy (non-hydrogen) atoms. The second-order valence-corrected chi connectivity index (χ2v) is 8.64. The van der Waals surface area contributed by atoms with Crippen LogP contribution in [0.25, 0.3) is 11.3 Å². The van der Waals surface area contributed by atoms with Gasteiger partial charge in [0.2, 0.25) is 0 Å². The first-order valence-electron chi connectivity index (χ1n) is 10.7. The molecule has 0 bridgehead atoms. The molecule has 3 heterocycles. The Morgan fingerprint density at radius 3 is 2.67 bits per heavy atom. The summed E-state index contributed by atoms with van der Waals surface area (Å²) in [5.41, 5.74) is 3.49. The summed E-state index contributed by atoms with van der Waals surface area (Å²) in [7, 11) is 1.98. The van der Waals surface area contributed by atoms with Crippen molar-refractivity contribution in [1.29, 1.82) is 0 Å². The molecule has 1 saturated carbocycles. The number of fused-ring (bicyclic) bond motifs is 1. The molecular weight excluding hydrogens is 376 g/mol. The lowest BCUT2D eigenvalue weighted by Crippen LogP contribution is -2.43. The van der Waals surface area contributed by atoms with E-state index in [2.05, 4.69) is 50.6 Å². The van der Waals surface area contributed by atoms with Gasteiger partial charge in [-0.15, -0.1) is 0 Å². The van der Waals surface area contributed by atoms with E-state index >= 15 is 0 Å². The average molecular weight is 405 g/mol. The zero-order chi connectivity index (χ0) is 20.5. The smallest absolute Gasteiger partial charge is 0.144 e. The molecule has 3 aromatic rings. The van der Waals surface area contributed by atoms with E-state index in [1.54, 1.807) is 18.6 Å². The molecule has 156 valence electrons. The molecule has 0 spiro atoms. The summed E-state index contributed by atoms with van der Waals surface area (Å²) in [6.45, 7) is 2.98. The van der Waals surface area contributed by atoms with Gasteiger partial charge >= 0.3 is 0 Å². The van der Waals surface area contributed by atoms with Crippen LogP contribution in [0.1, 0.15) is 18.4 Å². The van der Waals surface area contributed by atoms with Gasteiger partial charge in [-0.2, -0.15) is 5.10 Å². The minimum absolute atomic E-state index is 0.0289. The number of anilines is 1. The lowest BCUT2D eigenvalue weighted by atomic mass is 9.77. The van der Waals surface area contributed by atoms with Crippen molar-refractivity contribution >= 4 is 5.82 Å². The molecule has 1 aromatic carbocycles. The van der Waals surface area contributed by atoms with Crippen molar-refractivity contribution in [3.63, 3.8) is 0 Å². The molecule has 2 fully saturated rings. The fourth-order valence-electron chi connectivity index (χ4n) is 5.11. The molecule has 2 aliphatic rings. The maximum Gasteiger partial charge on any atom is 0.144 e. The van der Waals surface area contributed by atoms with Crippen LogP contribution < -0.4 is 5.32 Å². The van der Waals surface area contributed by atoms with Gasteiger partial charge in [-0.05, 0) is 24.7 Å². The van der Waals surface area contributed by atoms with E-state index in [4.69, 9.17) is 5.10 Å². The summed E-state index contributed by atoms with van der Waals surface area (Å²) >= 11 is 0. The second kappa shape index (κ2) is 8.16. The minimum atomic E-state index is -0.355. The minimum Gasteiger partial charge on any atom is -0.391 e. The Balaban J connectivity index is 1.27. The SMILES string of the molecule is Cn1cc(CN2C[C@H]3C[C@@H](Nc4cnccn4)[C@H](O)C[C@H]3C2)c(-c2ccccc2)n1. The maximum absolute atomic E-state index is 10.7. The van der Waals surface area contributed by atoms with Crippen molar-refractivity contribution < 1.29 is 5.11 Å². The fraction of sp³-hybridized carbons (Fsp3) is 0.435. The molecule has 4 atom stereocenters. The van der Waals surface area contributed by atoms with E-state index in [9.17, 15) is 5.11 Å². The maximum atomic E-state index is 10.7. The van der Waals surface area contributed by atoms with Crippen LogP contribution >= 0.6 is 0 Å². The number of nitrogens with zero attached hydrogens (tertiary/aromatic N) is 5. The highest BCUT2D eigenvalue weighted by Gasteiger charge is 2.41. The molecule has 2 N–H and O–H groups in total. The largest absolute Gasteiger partial charge is 0.391 e. The van der Waals surface area contributed by atoms with Gasteiger partial charge in [-0.25, -0.2) is 4.98 Å². The number of hydrogen-bond acceptors (Lipinski definition) is 6. The first kappa shape index (κ1) is 19.2. The average Bonchev–Trinajstić information content (AvgIpc) is 3.32. The second-order valence-electron chi connectivity index (χ2n) is 8.64. The molecule has 0 amide bonds. The Labute approximate surface area is 176 Å². The molecule has 1 aliphatic carbocycles. The third-order valence-electron chi connectivity index (χ3n) is 6.46. The number of likely N-dealkylation sites (tertiary alicyclic amines) is 1. The van der Waals surface area contributed by atoms with Gasteiger partial charge in [0.1, 0.15) is 5.82 Å². The van der Waals surface area contributed by atoms with Crippen LogP contribution in [-0.4, -0.2) is 55.0 Å². The lowest BCUT2D eigenvalue weighted by molar-refractivity contribution is 0.0735. The van der Waals surface area contributed by atoms with Gasteiger partial charge in [0, 0.05) is 56.4 Å². The monoisotopic (exact) mass is 404 g/mol. The standard InChI is InChI=1S/C23H28N6O/c1-28-12-19(23(27-28)16-5-3-2-4-6-16)15-29-13-17-9-20(21(30)10-18(17)14-29)26-22-11-24-7-8-25-22/h2-8,11-12,17-18,20-21,30H,9-10,13-15H2,1H3,(H,25,26)/t17-,18+,20-,21-/m1/s1. The summed E-state index contributed by atoms with van der Waals surface area (Å²) in [4.78, 5) is 10.9. The van der Waals surface area contributed by atoms with E-state index in [1.165, 1.54) is 5.56 Å². The zero-order valence-electron chi connectivity index (χ0n) is 17.2. The van der Waals surface area contributed by atoms with Crippen molar-refractivity contribution in [1.82, 2.24) is 24.6 Å². The number of nitrogens with one attached hydrogen (secondary N) is 1. The zero-order valence-corrected chi connectivity index (χ0v) is 17.2. The highest BCUT2D eigenvalue weighted by Crippen LogP contribution is 2.38. The topological polar surface area (TPSA) is 79.1 Å². The highest BCUT2D eigenvalue weighted by atomic mass is 16.3. The Morgan fingerprint density at radius 2 is 1.90 bits per heavy atom. The van der Waals surface area contributed by atoms with Crippen LogP contribution in [0.15, 0.2) is 55.1 Å². The van der Waals surface area contributed by atoms with Crippen molar-refractivity contribution in [3.05, 3.63) is 60.7 Å². The van der Waals surface area contributed by atoms with Gasteiger partial charge in [0.05, 0.1) is 24.0 Å². The van der Waals surface area contributed by atoms with Crippen molar-refractivity contribution in [2.75, 3.05) is 18.4 Å². The molecular formula is C23H28N6O. The normalized spacial score (nSPS) is 26.5. The number of benzene rings is 1. The predicted molar refractivity (Wildman–Crippen MR) is 116 cm³/mol. The molecule has 0 unspecified atom stereocenters. The summed E-state index contributed by atoms with van der Waals surface area (Å²) < 4.78 is 1.91. The van der Waals surface area contributed by atoms with Crippen molar-refractivity contribution in [2.24, 2.45) is 18.9 Å². The Hall–Kier alpha value is -2.77. The van der Waals surface area contributed by atoms with Crippen molar-refractivity contribution in [3.8, 4) is 11.3 Å². The number of aliphatic hydroxyl groups excluding tert-OH is 1. The van der Waals surface area contributed by atoms with Crippen LogP contribution in [0.5, 0.6) is 0 Å². The van der Waals surface area contributed by atoms with E-state index in [-0.39, 0.29) is 12.1 Å². The van der Waals surface area contributed by atoms with Crippen LogP contribution in [0.2, 0.25) is 0 Å². The number of hydrogen-bond donors (Lipinski definition) is 2. The van der Waals surface area contributed by atoms with Gasteiger partial charge in [0.25, 0.3) is 0 Å². The van der Waals surface area contributed by atoms with Gasteiger partial charge in [-0.1, -0.05) is 30.3 Å². The summed E-state index contributed by atoms with van der Waals surface area (Å²) in [5.74, 6) is 1.86. The van der Waals surface area contributed by atoms with E-state index in [0.717, 1.165) is 49.6 Å². The molecule has 0 radical (unpaired) electrons. The first-order chi connectivity index (χ1) is 14.7. The number of aromatic nitrogens is 4. The third kappa shape index (κ3) is 3.95. The molecule has 1 saturated heterocycles. The quantitative estimate of drug-likeness (QED) is 0.680. The Kier molecular flexibility index (Phi) is 5.23. The Morgan fingerprint density at radius 1 is 1.10 bits per heavy atom.